The van der Waals surface area contributed by atoms with Crippen molar-refractivity contribution < 1.29 is 9.21 Å². The molecule has 9 nitrogen and oxygen atoms in total. The number of likely N-dealkylation sites (N-methyl/N-ethyl adjacent to an activating group) is 1. The fourth-order valence-corrected chi connectivity index (χ4v) is 4.42. The normalized spacial score (nSPS) is 17.6. The summed E-state index contributed by atoms with van der Waals surface area (Å²) in [5.41, 5.74) is -0.0269. The van der Waals surface area contributed by atoms with E-state index in [4.69, 9.17) is 4.42 Å². The number of aryl methyl sites for hydroxylation is 1. The monoisotopic (exact) mass is 448 g/mol. The van der Waals surface area contributed by atoms with Crippen LogP contribution in [0, 0.1) is 6.92 Å². The van der Waals surface area contributed by atoms with Crippen molar-refractivity contribution in [3.63, 3.8) is 0 Å². The predicted molar refractivity (Wildman–Crippen MR) is 127 cm³/mol. The van der Waals surface area contributed by atoms with Gasteiger partial charge in [0.1, 0.15) is 28.6 Å². The second-order valence-corrected chi connectivity index (χ2v) is 8.69. The van der Waals surface area contributed by atoms with E-state index in [-0.39, 0.29) is 11.5 Å². The predicted octanol–water partition coefficient (Wildman–Crippen LogP) is 1.61. The second kappa shape index (κ2) is 8.82. The van der Waals surface area contributed by atoms with Gasteiger partial charge in [0, 0.05) is 63.8 Å². The molecule has 2 aliphatic rings. The van der Waals surface area contributed by atoms with Gasteiger partial charge in [0.15, 0.2) is 0 Å². The first-order chi connectivity index (χ1) is 16.0. The Bertz CT molecular complexity index is 1230. The molecule has 0 aliphatic carbocycles. The molecule has 0 spiro atoms. The average molecular weight is 449 g/mol. The van der Waals surface area contributed by atoms with Crippen molar-refractivity contribution in [2.24, 2.45) is 0 Å². The van der Waals surface area contributed by atoms with Gasteiger partial charge in [0.25, 0.3) is 5.91 Å². The van der Waals surface area contributed by atoms with Gasteiger partial charge in [-0.3, -0.25) is 4.79 Å². The van der Waals surface area contributed by atoms with Gasteiger partial charge in [-0.1, -0.05) is 18.2 Å². The Hall–Kier alpha value is -3.46. The zero-order valence-corrected chi connectivity index (χ0v) is 19.0. The summed E-state index contributed by atoms with van der Waals surface area (Å²) in [6.45, 7) is 8.15. The molecule has 0 saturated carbocycles. The van der Waals surface area contributed by atoms with Gasteiger partial charge in [0.05, 0.1) is 0 Å². The minimum absolute atomic E-state index is 0.0809. The number of carbonyl (C=O) groups excluding carboxylic acids is 1. The summed E-state index contributed by atoms with van der Waals surface area (Å²) < 4.78 is 5.35. The summed E-state index contributed by atoms with van der Waals surface area (Å²) in [6, 6.07) is 10.9. The molecule has 2 fully saturated rings. The molecule has 4 heterocycles. The first-order valence-corrected chi connectivity index (χ1v) is 11.3. The van der Waals surface area contributed by atoms with E-state index in [0.717, 1.165) is 49.0 Å². The van der Waals surface area contributed by atoms with Crippen LogP contribution in [0.5, 0.6) is 0 Å². The van der Waals surface area contributed by atoms with Gasteiger partial charge in [-0.25, -0.2) is 14.8 Å². The SMILES string of the molecule is Cc1nc(N2CCN(C)CC2)cc(N2CCN(C(=O)c3cc4ccccc4oc3=O)CC2)n1. The van der Waals surface area contributed by atoms with Crippen molar-refractivity contribution in [1.82, 2.24) is 19.8 Å². The van der Waals surface area contributed by atoms with Crippen LogP contribution in [-0.2, 0) is 0 Å². The number of fused-ring (bicyclic) bond motifs is 1. The third kappa shape index (κ3) is 4.41. The van der Waals surface area contributed by atoms with Crippen molar-refractivity contribution >= 4 is 28.5 Å². The lowest BCUT2D eigenvalue weighted by molar-refractivity contribution is 0.0742. The minimum atomic E-state index is -0.593. The van der Waals surface area contributed by atoms with Crippen LogP contribution >= 0.6 is 0 Å². The summed E-state index contributed by atoms with van der Waals surface area (Å²) in [5.74, 6) is 2.30. The first kappa shape index (κ1) is 21.4. The minimum Gasteiger partial charge on any atom is -0.422 e. The third-order valence-electron chi connectivity index (χ3n) is 6.40. The maximum Gasteiger partial charge on any atom is 0.349 e. The van der Waals surface area contributed by atoms with Crippen LogP contribution in [0.15, 0.2) is 45.6 Å². The second-order valence-electron chi connectivity index (χ2n) is 8.69. The summed E-state index contributed by atoms with van der Waals surface area (Å²) in [5, 5.41) is 0.743. The van der Waals surface area contributed by atoms with Gasteiger partial charge >= 0.3 is 5.63 Å². The van der Waals surface area contributed by atoms with Gasteiger partial charge in [-0.2, -0.15) is 0 Å². The van der Waals surface area contributed by atoms with Crippen LogP contribution in [0.2, 0.25) is 0 Å². The largest absolute Gasteiger partial charge is 0.422 e. The number of para-hydroxylation sites is 1. The maximum atomic E-state index is 13.1. The highest BCUT2D eigenvalue weighted by Crippen LogP contribution is 2.22. The van der Waals surface area contributed by atoms with Crippen molar-refractivity contribution in [2.45, 2.75) is 6.92 Å². The molecule has 0 N–H and O–H groups in total. The van der Waals surface area contributed by atoms with Gasteiger partial charge < -0.3 is 24.0 Å². The Morgan fingerprint density at radius 2 is 1.48 bits per heavy atom. The molecule has 0 bridgehead atoms. The number of rotatable bonds is 3. The van der Waals surface area contributed by atoms with Crippen molar-refractivity contribution in [2.75, 3.05) is 69.2 Å². The molecule has 0 unspecified atom stereocenters. The highest BCUT2D eigenvalue weighted by atomic mass is 16.4. The van der Waals surface area contributed by atoms with Crippen molar-refractivity contribution in [3.8, 4) is 0 Å². The van der Waals surface area contributed by atoms with Crippen molar-refractivity contribution in [1.29, 1.82) is 0 Å². The number of amides is 1. The number of benzene rings is 1. The molecule has 3 aromatic rings. The molecule has 33 heavy (non-hydrogen) atoms. The Balaban J connectivity index is 1.29. The van der Waals surface area contributed by atoms with Crippen LogP contribution in [0.1, 0.15) is 16.2 Å². The van der Waals surface area contributed by atoms with E-state index in [1.807, 2.05) is 25.1 Å². The van der Waals surface area contributed by atoms with E-state index in [2.05, 4.69) is 31.7 Å². The molecular formula is C24H28N6O3. The van der Waals surface area contributed by atoms with Gasteiger partial charge in [-0.05, 0) is 26.1 Å². The van der Waals surface area contributed by atoms with E-state index in [1.165, 1.54) is 0 Å². The number of nitrogens with zero attached hydrogens (tertiary/aromatic N) is 6. The lowest BCUT2D eigenvalue weighted by Crippen LogP contribution is -2.50. The number of aromatic nitrogens is 2. The zero-order chi connectivity index (χ0) is 22.9. The highest BCUT2D eigenvalue weighted by molar-refractivity contribution is 5.96. The fraction of sp³-hybridized carbons (Fsp3) is 0.417. The quantitative estimate of drug-likeness (QED) is 0.559. The molecule has 5 rings (SSSR count). The van der Waals surface area contributed by atoms with E-state index in [1.54, 1.807) is 23.1 Å². The molecule has 0 atom stereocenters. The van der Waals surface area contributed by atoms with Gasteiger partial charge in [-0.15, -0.1) is 0 Å². The third-order valence-corrected chi connectivity index (χ3v) is 6.40. The number of piperazine rings is 2. The van der Waals surface area contributed by atoms with Crippen LogP contribution in [0.3, 0.4) is 0 Å². The lowest BCUT2D eigenvalue weighted by atomic mass is 10.1. The smallest absolute Gasteiger partial charge is 0.349 e. The number of hydrogen-bond acceptors (Lipinski definition) is 8. The Morgan fingerprint density at radius 3 is 2.15 bits per heavy atom. The summed E-state index contributed by atoms with van der Waals surface area (Å²) in [7, 11) is 2.14. The van der Waals surface area contributed by atoms with E-state index < -0.39 is 5.63 Å². The number of hydrogen-bond donors (Lipinski definition) is 0. The fourth-order valence-electron chi connectivity index (χ4n) is 4.42. The Morgan fingerprint density at radius 1 is 0.879 bits per heavy atom. The standard InChI is InChI=1S/C24H28N6O3/c1-17-25-21(28-9-7-27(2)8-10-28)16-22(26-17)29-11-13-30(14-12-29)23(31)19-15-18-5-3-4-6-20(18)33-24(19)32/h3-6,15-16H,7-14H2,1-2H3. The average Bonchev–Trinajstić information content (AvgIpc) is 2.83. The first-order valence-electron chi connectivity index (χ1n) is 11.3. The van der Waals surface area contributed by atoms with Crippen LogP contribution in [0.4, 0.5) is 11.6 Å². The van der Waals surface area contributed by atoms with Crippen LogP contribution in [0.25, 0.3) is 11.0 Å². The van der Waals surface area contributed by atoms with Crippen LogP contribution in [-0.4, -0.2) is 85.1 Å². The zero-order valence-electron chi connectivity index (χ0n) is 19.0. The summed E-state index contributed by atoms with van der Waals surface area (Å²) >= 11 is 0. The molecule has 172 valence electrons. The summed E-state index contributed by atoms with van der Waals surface area (Å²) in [4.78, 5) is 43.3. The Labute approximate surface area is 192 Å². The molecule has 2 aromatic heterocycles. The topological polar surface area (TPSA) is 86.0 Å². The van der Waals surface area contributed by atoms with E-state index in [0.29, 0.717) is 31.8 Å². The van der Waals surface area contributed by atoms with E-state index in [9.17, 15) is 9.59 Å². The highest BCUT2D eigenvalue weighted by Gasteiger charge is 2.26. The lowest BCUT2D eigenvalue weighted by Gasteiger charge is -2.36. The molecule has 2 aliphatic heterocycles. The van der Waals surface area contributed by atoms with Crippen LogP contribution < -0.4 is 15.4 Å². The number of carbonyl (C=O) groups is 1. The molecule has 9 heteroatoms. The van der Waals surface area contributed by atoms with Crippen molar-refractivity contribution in [3.05, 3.63) is 58.2 Å². The molecule has 1 amide bonds. The molecule has 2 saturated heterocycles. The molecular weight excluding hydrogens is 420 g/mol. The van der Waals surface area contributed by atoms with Gasteiger partial charge in [0.2, 0.25) is 0 Å². The maximum absolute atomic E-state index is 13.1. The number of anilines is 2. The summed E-state index contributed by atoms with van der Waals surface area (Å²) in [6.07, 6.45) is 0. The molecule has 1 aromatic carbocycles. The van der Waals surface area contributed by atoms with E-state index >= 15 is 0 Å². The molecule has 0 radical (unpaired) electrons. The Kier molecular flexibility index (Phi) is 5.72.